The summed E-state index contributed by atoms with van der Waals surface area (Å²) in [6, 6.07) is 28.9. The Bertz CT molecular complexity index is 1940. The number of benzene rings is 4. The van der Waals surface area contributed by atoms with Gasteiger partial charge in [-0.1, -0.05) is 0 Å². The molecule has 0 bridgehead atoms. The number of rotatable bonds is 4. The molecule has 0 amide bonds. The summed E-state index contributed by atoms with van der Waals surface area (Å²) in [7, 11) is 0.582. The molecule has 4 aromatic carbocycles. The molecule has 264 valence electrons. The van der Waals surface area contributed by atoms with Crippen LogP contribution in [0.1, 0.15) is 125 Å². The van der Waals surface area contributed by atoms with Gasteiger partial charge in [-0.25, -0.2) is 0 Å². The number of fused-ring (bicyclic) bond motifs is 1. The van der Waals surface area contributed by atoms with Crippen LogP contribution in [0.3, 0.4) is 0 Å². The molecule has 1 aliphatic heterocycles. The van der Waals surface area contributed by atoms with Crippen molar-refractivity contribution in [1.82, 2.24) is 0 Å². The number of aromatic hydroxyl groups is 2. The van der Waals surface area contributed by atoms with Crippen molar-refractivity contribution in [1.29, 1.82) is 0 Å². The van der Waals surface area contributed by atoms with Crippen LogP contribution in [0.25, 0.3) is 0 Å². The first-order valence-electron chi connectivity index (χ1n) is 18.4. The molecule has 51 heavy (non-hydrogen) atoms. The second kappa shape index (κ2) is 16.5. The molecule has 0 spiro atoms. The fraction of sp³-hybridized carbons (Fsp3) is 0.391. The topological polar surface area (TPSA) is 40.5 Å². The molecular formula is C46H52O2S2Zr. The van der Waals surface area contributed by atoms with E-state index in [1.807, 2.05) is 60.7 Å². The zero-order valence-corrected chi connectivity index (χ0v) is 35.2. The van der Waals surface area contributed by atoms with Gasteiger partial charge in [0.2, 0.25) is 0 Å². The maximum atomic E-state index is 11.8. The molecular weight excluding hydrogens is 740 g/mol. The van der Waals surface area contributed by atoms with Gasteiger partial charge in [-0.15, -0.1) is 0 Å². The van der Waals surface area contributed by atoms with Gasteiger partial charge in [0.15, 0.2) is 0 Å². The molecule has 1 aliphatic carbocycles. The first-order valence-corrected chi connectivity index (χ1v) is 27.3. The van der Waals surface area contributed by atoms with E-state index in [-0.39, 0.29) is 10.8 Å². The van der Waals surface area contributed by atoms with Crippen molar-refractivity contribution in [3.63, 3.8) is 0 Å². The van der Waals surface area contributed by atoms with E-state index in [0.717, 1.165) is 55.4 Å². The Morgan fingerprint density at radius 2 is 0.961 bits per heavy atom. The molecule has 0 aromatic heterocycles. The van der Waals surface area contributed by atoms with Gasteiger partial charge < -0.3 is 0 Å². The second-order valence-corrected chi connectivity index (χ2v) is 31.7. The summed E-state index contributed by atoms with van der Waals surface area (Å²) in [5.41, 5.74) is 7.97. The van der Waals surface area contributed by atoms with Crippen LogP contribution < -0.4 is 0 Å². The summed E-state index contributed by atoms with van der Waals surface area (Å²) in [5, 5.41) is 25.0. The fourth-order valence-electron chi connectivity index (χ4n) is 6.92. The summed E-state index contributed by atoms with van der Waals surface area (Å²) in [6.45, 7) is 13.5. The van der Waals surface area contributed by atoms with Crippen molar-refractivity contribution in [2.75, 3.05) is 0 Å². The molecule has 2 nitrogen and oxygen atoms in total. The van der Waals surface area contributed by atoms with Crippen LogP contribution in [-0.4, -0.2) is 20.7 Å². The van der Waals surface area contributed by atoms with Gasteiger partial charge >= 0.3 is 321 Å². The quantitative estimate of drug-likeness (QED) is 0.202. The number of hydrogen-bond donors (Lipinski definition) is 2. The van der Waals surface area contributed by atoms with Gasteiger partial charge in [0.1, 0.15) is 0 Å². The van der Waals surface area contributed by atoms with Gasteiger partial charge in [0.05, 0.1) is 0 Å². The molecule has 4 aromatic rings. The number of phenolic OH excluding ortho intramolecular Hbond substituents is 2. The minimum atomic E-state index is -0.894. The van der Waals surface area contributed by atoms with E-state index in [1.54, 1.807) is 0 Å². The molecule has 3 unspecified atom stereocenters. The second-order valence-electron chi connectivity index (χ2n) is 16.1. The Kier molecular flexibility index (Phi) is 12.2. The predicted molar refractivity (Wildman–Crippen MR) is 216 cm³/mol. The Morgan fingerprint density at radius 1 is 0.569 bits per heavy atom. The van der Waals surface area contributed by atoms with Crippen LogP contribution in [0.15, 0.2) is 84.9 Å². The van der Waals surface area contributed by atoms with Crippen LogP contribution in [0.2, 0.25) is 0 Å². The van der Waals surface area contributed by atoms with Crippen molar-refractivity contribution in [3.8, 4) is 35.2 Å². The third kappa shape index (κ3) is 9.60. The standard InChI is InChI=1S/C46H52O2S2.Zr/c1-45(2,3)39-27-35(25-23-33-17-11-9-12-18-33)43(47)37(29-39)31-49-41-21-15-7-8-16-22-42(41)50-32-38-30-40(46(4,5)6)28-36(44(38)48)26-24-34-19-13-10-14-20-34;/h9-14,17-20,27-30,41-42,47-48H,7-8,15-16,21-22,31-32H2,1-6H3;/t41-,42?;/m0./s1. The normalized spacial score (nSPS) is 20.3. The first-order chi connectivity index (χ1) is 24.4. The SMILES string of the molecule is CC(C)(C)c1cc(C#Cc2ccccc2)c(O)c(C[S]2=[Zr]=[S](Cc3cc(C(C)(C)C)cc(C#Cc4ccccc4)c3O)[C@H]3CCCCCCC32)c1. The van der Waals surface area contributed by atoms with Crippen molar-refractivity contribution in [3.05, 3.63) is 129 Å². The molecule has 1 fully saturated rings. The van der Waals surface area contributed by atoms with Gasteiger partial charge in [0, 0.05) is 0 Å². The Labute approximate surface area is 318 Å². The van der Waals surface area contributed by atoms with Crippen LogP contribution >= 0.6 is 14.2 Å². The zero-order valence-electron chi connectivity index (χ0n) is 31.1. The molecule has 2 aliphatic rings. The van der Waals surface area contributed by atoms with Gasteiger partial charge in [-0.05, 0) is 0 Å². The van der Waals surface area contributed by atoms with Crippen molar-refractivity contribution < 1.29 is 29.4 Å². The van der Waals surface area contributed by atoms with Crippen molar-refractivity contribution >= 4 is 14.2 Å². The van der Waals surface area contributed by atoms with Gasteiger partial charge in [-0.2, -0.15) is 0 Å². The van der Waals surface area contributed by atoms with E-state index in [1.165, 1.54) is 49.7 Å². The van der Waals surface area contributed by atoms with Gasteiger partial charge in [-0.3, -0.25) is 0 Å². The summed E-state index contributed by atoms with van der Waals surface area (Å²) in [6.07, 6.45) is 7.91. The maximum absolute atomic E-state index is 11.8. The molecule has 0 saturated heterocycles. The molecule has 1 heterocycles. The molecule has 5 heteroatoms. The number of phenols is 2. The zero-order chi connectivity index (χ0) is 36.2. The van der Waals surface area contributed by atoms with Gasteiger partial charge in [0.25, 0.3) is 0 Å². The van der Waals surface area contributed by atoms with E-state index in [9.17, 15) is 10.2 Å². The average molecular weight is 792 g/mol. The molecule has 1 saturated carbocycles. The first kappa shape index (κ1) is 37.9. The Morgan fingerprint density at radius 3 is 1.33 bits per heavy atom. The number of hydrogen-bond acceptors (Lipinski definition) is 2. The van der Waals surface area contributed by atoms with Crippen LogP contribution in [0.4, 0.5) is 0 Å². The van der Waals surface area contributed by atoms with Crippen LogP contribution in [0.5, 0.6) is 11.5 Å². The molecule has 4 atom stereocenters. The Balaban J connectivity index is 1.43. The summed E-state index contributed by atoms with van der Waals surface area (Å²) in [4.78, 5) is 0. The third-order valence-corrected chi connectivity index (χ3v) is 31.8. The summed E-state index contributed by atoms with van der Waals surface area (Å²) in [5.74, 6) is 16.0. The monoisotopic (exact) mass is 790 g/mol. The summed E-state index contributed by atoms with van der Waals surface area (Å²) >= 11 is -0.894. The van der Waals surface area contributed by atoms with E-state index in [4.69, 9.17) is 0 Å². The molecule has 6 rings (SSSR count). The van der Waals surface area contributed by atoms with E-state index >= 15 is 0 Å². The van der Waals surface area contributed by atoms with E-state index in [2.05, 4.69) is 89.5 Å². The third-order valence-electron chi connectivity index (χ3n) is 10.0. The van der Waals surface area contributed by atoms with E-state index in [0.29, 0.717) is 25.7 Å². The predicted octanol–water partition coefficient (Wildman–Crippen LogP) is 11.7. The van der Waals surface area contributed by atoms with Crippen molar-refractivity contribution in [2.45, 2.75) is 113 Å². The fourth-order valence-corrected chi connectivity index (χ4v) is 35.8. The summed E-state index contributed by atoms with van der Waals surface area (Å²) < 4.78 is 0. The Hall–Kier alpha value is -2.82. The van der Waals surface area contributed by atoms with Crippen molar-refractivity contribution in [2.24, 2.45) is 0 Å². The van der Waals surface area contributed by atoms with Crippen LogP contribution in [-0.2, 0) is 41.5 Å². The molecule has 0 radical (unpaired) electrons. The van der Waals surface area contributed by atoms with E-state index < -0.39 is 19.2 Å². The average Bonchev–Trinajstić information content (AvgIpc) is 3.38. The van der Waals surface area contributed by atoms with Crippen LogP contribution in [0, 0.1) is 23.7 Å². The minimum absolute atomic E-state index is 0.0475. The molecule has 2 N–H and O–H groups in total.